The number of carboxylic acid groups (broad SMARTS) is 1. The van der Waals surface area contributed by atoms with Crippen LogP contribution in [0.4, 0.5) is 0 Å². The number of piperidine rings is 1. The summed E-state index contributed by atoms with van der Waals surface area (Å²) in [5.41, 5.74) is 5.59. The van der Waals surface area contributed by atoms with Gasteiger partial charge in [-0.25, -0.2) is 0 Å². The van der Waals surface area contributed by atoms with Crippen LogP contribution in [-0.4, -0.2) is 60.1 Å². The topological polar surface area (TPSA) is 131 Å². The third-order valence-electron chi connectivity index (χ3n) is 5.82. The number of ketones is 1. The third kappa shape index (κ3) is 5.49. The molecule has 8 nitrogen and oxygen atoms in total. The van der Waals surface area contributed by atoms with Gasteiger partial charge in [0.15, 0.2) is 5.78 Å². The third-order valence-corrected chi connectivity index (χ3v) is 5.82. The number of ether oxygens (including phenoxy) is 1. The van der Waals surface area contributed by atoms with Crippen molar-refractivity contribution in [1.29, 1.82) is 0 Å². The Morgan fingerprint density at radius 3 is 2.63 bits per heavy atom. The molecule has 0 aromatic rings. The maximum absolute atomic E-state index is 13.1. The second-order valence-corrected chi connectivity index (χ2v) is 7.65. The van der Waals surface area contributed by atoms with E-state index in [0.717, 1.165) is 25.7 Å². The summed E-state index contributed by atoms with van der Waals surface area (Å²) in [5.74, 6) is -1.01. The van der Waals surface area contributed by atoms with Crippen molar-refractivity contribution in [3.63, 3.8) is 0 Å². The Bertz CT molecular complexity index is 541. The van der Waals surface area contributed by atoms with E-state index in [9.17, 15) is 19.5 Å². The molecule has 8 heteroatoms. The van der Waals surface area contributed by atoms with Gasteiger partial charge >= 0.3 is 11.9 Å². The Morgan fingerprint density at radius 1 is 1.30 bits per heavy atom. The number of Topliss-reactive ketones (excluding diaryl/α,β-unsaturated/α-hetero) is 1. The number of nitrogens with one attached hydrogen (secondary N) is 2. The van der Waals surface area contributed by atoms with Gasteiger partial charge in [-0.15, -0.1) is 0 Å². The van der Waals surface area contributed by atoms with Crippen LogP contribution in [0, 0.1) is 11.8 Å². The lowest BCUT2D eigenvalue weighted by atomic mass is 9.68. The number of esters is 1. The molecule has 2 aliphatic rings. The van der Waals surface area contributed by atoms with Crippen molar-refractivity contribution in [3.05, 3.63) is 0 Å². The summed E-state index contributed by atoms with van der Waals surface area (Å²) < 4.78 is 5.06. The van der Waals surface area contributed by atoms with E-state index in [-0.39, 0.29) is 24.2 Å². The van der Waals surface area contributed by atoms with Gasteiger partial charge in [-0.3, -0.25) is 25.0 Å². The molecule has 6 atom stereocenters. The first-order valence-corrected chi connectivity index (χ1v) is 10.0. The molecule has 0 bridgehead atoms. The number of hydrogen-bond donors (Lipinski definition) is 4. The van der Waals surface area contributed by atoms with Crippen LogP contribution in [0.25, 0.3) is 0 Å². The summed E-state index contributed by atoms with van der Waals surface area (Å²) in [4.78, 5) is 36.8. The Morgan fingerprint density at radius 2 is 2.00 bits per heavy atom. The largest absolute Gasteiger partial charge is 0.480 e. The molecule has 5 unspecified atom stereocenters. The van der Waals surface area contributed by atoms with E-state index >= 15 is 0 Å². The fraction of sp³-hybridized carbons (Fsp3) is 0.842. The summed E-state index contributed by atoms with van der Waals surface area (Å²) >= 11 is 0. The highest BCUT2D eigenvalue weighted by atomic mass is 16.5. The molecule has 1 aliphatic carbocycles. The van der Waals surface area contributed by atoms with Gasteiger partial charge < -0.3 is 15.6 Å². The number of rotatable bonds is 9. The van der Waals surface area contributed by atoms with Crippen LogP contribution in [0.15, 0.2) is 0 Å². The average Bonchev–Trinajstić information content (AvgIpc) is 2.66. The van der Waals surface area contributed by atoms with Crippen LogP contribution in [0.2, 0.25) is 0 Å². The van der Waals surface area contributed by atoms with Crippen molar-refractivity contribution in [2.45, 2.75) is 76.5 Å². The molecule has 0 aromatic heterocycles. The molecular weight excluding hydrogens is 350 g/mol. The van der Waals surface area contributed by atoms with E-state index < -0.39 is 36.1 Å². The Balaban J connectivity index is 2.09. The molecule has 27 heavy (non-hydrogen) atoms. The van der Waals surface area contributed by atoms with E-state index in [1.807, 2.05) is 0 Å². The van der Waals surface area contributed by atoms with Gasteiger partial charge in [0, 0.05) is 0 Å². The van der Waals surface area contributed by atoms with Crippen molar-refractivity contribution in [3.8, 4) is 0 Å². The van der Waals surface area contributed by atoms with Crippen molar-refractivity contribution in [2.75, 3.05) is 13.2 Å². The highest BCUT2D eigenvalue weighted by molar-refractivity contribution is 5.90. The quantitative estimate of drug-likeness (QED) is 0.422. The number of carboxylic acids is 1. The number of aliphatic carboxylic acids is 1. The molecule has 1 saturated heterocycles. The Kier molecular flexibility index (Phi) is 8.19. The summed E-state index contributed by atoms with van der Waals surface area (Å²) in [6.45, 7) is 4.01. The van der Waals surface area contributed by atoms with Crippen LogP contribution < -0.4 is 16.4 Å². The summed E-state index contributed by atoms with van der Waals surface area (Å²) in [7, 11) is 0. The second-order valence-electron chi connectivity index (χ2n) is 7.65. The molecule has 1 aliphatic heterocycles. The smallest absolute Gasteiger partial charge is 0.323 e. The minimum Gasteiger partial charge on any atom is -0.480 e. The number of nitrogens with two attached hydrogens (primary N) is 1. The highest BCUT2D eigenvalue weighted by Gasteiger charge is 2.45. The lowest BCUT2D eigenvalue weighted by Gasteiger charge is -2.44. The van der Waals surface area contributed by atoms with E-state index in [4.69, 9.17) is 10.5 Å². The van der Waals surface area contributed by atoms with Crippen molar-refractivity contribution in [1.82, 2.24) is 10.6 Å². The fourth-order valence-electron chi connectivity index (χ4n) is 4.48. The lowest BCUT2D eigenvalue weighted by molar-refractivity contribution is -0.146. The van der Waals surface area contributed by atoms with Crippen LogP contribution in [0.1, 0.15) is 52.4 Å². The molecule has 0 spiro atoms. The van der Waals surface area contributed by atoms with Gasteiger partial charge in [-0.1, -0.05) is 19.3 Å². The van der Waals surface area contributed by atoms with Gasteiger partial charge in [0.05, 0.1) is 18.7 Å². The average molecular weight is 383 g/mol. The standard InChI is InChI=1S/C19H33N3O5/c1-3-27-19(26)14(8-9-20)21-11(2)17(23)16-13-7-5-4-6-12(13)10-15(22-16)18(24)25/h11-16,21-22H,3-10,20H2,1-2H3,(H,24,25)/t11-,12?,13?,14?,15?,16?/m0/s1. The van der Waals surface area contributed by atoms with E-state index in [2.05, 4.69) is 10.6 Å². The van der Waals surface area contributed by atoms with Crippen LogP contribution in [0.5, 0.6) is 0 Å². The van der Waals surface area contributed by atoms with Gasteiger partial charge in [-0.05, 0) is 51.5 Å². The van der Waals surface area contributed by atoms with Crippen molar-refractivity contribution in [2.24, 2.45) is 17.6 Å². The van der Waals surface area contributed by atoms with Crippen LogP contribution >= 0.6 is 0 Å². The first-order valence-electron chi connectivity index (χ1n) is 10.0. The van der Waals surface area contributed by atoms with Gasteiger partial charge in [0.1, 0.15) is 12.1 Å². The minimum atomic E-state index is -0.912. The molecule has 0 amide bonds. The SMILES string of the molecule is CCOC(=O)C(CCN)N[C@@H](C)C(=O)C1NC(C(=O)O)CC2CCCCC21. The maximum atomic E-state index is 13.1. The summed E-state index contributed by atoms with van der Waals surface area (Å²) in [6.07, 6.45) is 4.99. The van der Waals surface area contributed by atoms with Gasteiger partial charge in [0.25, 0.3) is 0 Å². The predicted molar refractivity (Wildman–Crippen MR) is 100 cm³/mol. The van der Waals surface area contributed by atoms with Crippen molar-refractivity contribution < 1.29 is 24.2 Å². The zero-order valence-electron chi connectivity index (χ0n) is 16.3. The molecule has 0 radical (unpaired) electrons. The molecule has 154 valence electrons. The van der Waals surface area contributed by atoms with E-state index in [1.54, 1.807) is 13.8 Å². The predicted octanol–water partition coefficient (Wildman–Crippen LogP) is 0.436. The zero-order chi connectivity index (χ0) is 20.0. The van der Waals surface area contributed by atoms with Crippen LogP contribution in [0.3, 0.4) is 0 Å². The van der Waals surface area contributed by atoms with Gasteiger partial charge in [-0.2, -0.15) is 0 Å². The number of carbonyl (C=O) groups excluding carboxylic acids is 2. The first-order chi connectivity index (χ1) is 12.9. The fourth-order valence-corrected chi connectivity index (χ4v) is 4.48. The summed E-state index contributed by atoms with van der Waals surface area (Å²) in [6, 6.07) is -2.45. The van der Waals surface area contributed by atoms with Crippen LogP contribution in [-0.2, 0) is 19.1 Å². The van der Waals surface area contributed by atoms with E-state index in [1.165, 1.54) is 0 Å². The minimum absolute atomic E-state index is 0.0934. The summed E-state index contributed by atoms with van der Waals surface area (Å²) in [5, 5.41) is 15.6. The zero-order valence-corrected chi connectivity index (χ0v) is 16.3. The molecule has 0 aromatic carbocycles. The first kappa shape index (κ1) is 21.8. The number of fused-ring (bicyclic) bond motifs is 1. The maximum Gasteiger partial charge on any atom is 0.323 e. The molecule has 2 rings (SSSR count). The lowest BCUT2D eigenvalue weighted by Crippen LogP contribution is -2.62. The second kappa shape index (κ2) is 10.1. The Hall–Kier alpha value is -1.51. The van der Waals surface area contributed by atoms with Gasteiger partial charge in [0.2, 0.25) is 0 Å². The van der Waals surface area contributed by atoms with Crippen molar-refractivity contribution >= 4 is 17.7 Å². The number of carbonyl (C=O) groups is 3. The highest BCUT2D eigenvalue weighted by Crippen LogP contribution is 2.39. The molecule has 5 N–H and O–H groups in total. The normalized spacial score (nSPS) is 30.0. The molecule has 1 heterocycles. The molecular formula is C19H33N3O5. The number of hydrogen-bond acceptors (Lipinski definition) is 7. The molecule has 2 fully saturated rings. The Labute approximate surface area is 160 Å². The monoisotopic (exact) mass is 383 g/mol. The van der Waals surface area contributed by atoms with E-state index in [0.29, 0.717) is 19.4 Å². The molecule has 1 saturated carbocycles.